The summed E-state index contributed by atoms with van der Waals surface area (Å²) in [5, 5.41) is 2.42. The zero-order valence-corrected chi connectivity index (χ0v) is 35.7. The number of nitrogens with zero attached hydrogens (tertiary/aromatic N) is 4. The van der Waals surface area contributed by atoms with Crippen molar-refractivity contribution < 1.29 is 0 Å². The third-order valence-electron chi connectivity index (χ3n) is 13.1. The van der Waals surface area contributed by atoms with Crippen LogP contribution in [0.1, 0.15) is 26.3 Å². The molecule has 12 rings (SSSR count). The molecule has 8 aromatic carbocycles. The highest BCUT2D eigenvalue weighted by molar-refractivity contribution is 7.00. The van der Waals surface area contributed by atoms with E-state index in [9.17, 15) is 0 Å². The summed E-state index contributed by atoms with van der Waals surface area (Å²) in [6, 6.07) is 78.1. The fraction of sp³-hybridized carbons (Fsp3) is 0.0690. The van der Waals surface area contributed by atoms with Crippen LogP contribution in [0.3, 0.4) is 0 Å². The molecule has 5 heteroatoms. The van der Waals surface area contributed by atoms with E-state index in [1.54, 1.807) is 0 Å². The molecule has 0 spiro atoms. The van der Waals surface area contributed by atoms with Crippen LogP contribution in [0.4, 0.5) is 51.3 Å². The molecule has 0 bridgehead atoms. The third-order valence-corrected chi connectivity index (χ3v) is 13.1. The summed E-state index contributed by atoms with van der Waals surface area (Å²) >= 11 is 0. The van der Waals surface area contributed by atoms with Gasteiger partial charge in [-0.3, -0.25) is 4.90 Å². The first kappa shape index (κ1) is 37.0. The Balaban J connectivity index is 1.12. The molecule has 0 saturated carbocycles. The van der Waals surface area contributed by atoms with Gasteiger partial charge in [-0.25, -0.2) is 0 Å². The average Bonchev–Trinajstić information content (AvgIpc) is 3.71. The molecule has 63 heavy (non-hydrogen) atoms. The fourth-order valence-electron chi connectivity index (χ4n) is 10.2. The van der Waals surface area contributed by atoms with Gasteiger partial charge >= 0.3 is 0 Å². The van der Waals surface area contributed by atoms with Crippen molar-refractivity contribution in [3.8, 4) is 11.1 Å². The minimum atomic E-state index is 0.000537. The van der Waals surface area contributed by atoms with Gasteiger partial charge in [0.1, 0.15) is 5.82 Å². The van der Waals surface area contributed by atoms with Gasteiger partial charge < -0.3 is 14.2 Å². The second-order valence-corrected chi connectivity index (χ2v) is 17.8. The number of anilines is 9. The first-order chi connectivity index (χ1) is 30.9. The van der Waals surface area contributed by atoms with Crippen LogP contribution in [-0.2, 0) is 5.41 Å². The normalized spacial score (nSPS) is 12.9. The Kier molecular flexibility index (Phi) is 8.48. The molecule has 2 aromatic heterocycles. The lowest BCUT2D eigenvalue weighted by Crippen LogP contribution is -2.61. The van der Waals surface area contributed by atoms with E-state index in [1.807, 2.05) is 0 Å². The van der Waals surface area contributed by atoms with Gasteiger partial charge in [0.05, 0.1) is 5.69 Å². The quantitative estimate of drug-likeness (QED) is 0.155. The van der Waals surface area contributed by atoms with E-state index in [0.29, 0.717) is 0 Å². The molecule has 0 aliphatic carbocycles. The van der Waals surface area contributed by atoms with Crippen molar-refractivity contribution >= 4 is 90.7 Å². The van der Waals surface area contributed by atoms with Crippen LogP contribution in [0.5, 0.6) is 0 Å². The molecular weight excluding hydrogens is 763 g/mol. The monoisotopic (exact) mass is 808 g/mol. The van der Waals surface area contributed by atoms with Crippen molar-refractivity contribution in [1.82, 2.24) is 4.40 Å². The molecule has 2 aliphatic heterocycles. The van der Waals surface area contributed by atoms with Gasteiger partial charge in [0.25, 0.3) is 6.71 Å². The molecule has 0 radical (unpaired) electrons. The lowest BCUT2D eigenvalue weighted by Gasteiger charge is -2.43. The van der Waals surface area contributed by atoms with Crippen LogP contribution in [0.2, 0.25) is 0 Å². The number of benzene rings is 8. The highest BCUT2D eigenvalue weighted by Gasteiger charge is 2.44. The molecule has 4 heterocycles. The zero-order valence-electron chi connectivity index (χ0n) is 35.7. The summed E-state index contributed by atoms with van der Waals surface area (Å²) in [4.78, 5) is 7.43. The summed E-state index contributed by atoms with van der Waals surface area (Å²) in [5.74, 6) is 1.18. The van der Waals surface area contributed by atoms with E-state index in [2.05, 4.69) is 258 Å². The van der Waals surface area contributed by atoms with Gasteiger partial charge in [-0.15, -0.1) is 0 Å². The van der Waals surface area contributed by atoms with Crippen molar-refractivity contribution in [2.45, 2.75) is 26.2 Å². The Morgan fingerprint density at radius 1 is 0.460 bits per heavy atom. The van der Waals surface area contributed by atoms with Gasteiger partial charge in [0, 0.05) is 56.9 Å². The van der Waals surface area contributed by atoms with Crippen molar-refractivity contribution in [2.24, 2.45) is 0 Å². The van der Waals surface area contributed by atoms with E-state index >= 15 is 0 Å². The van der Waals surface area contributed by atoms with Crippen LogP contribution < -0.4 is 31.1 Å². The number of para-hydroxylation sites is 2. The summed E-state index contributed by atoms with van der Waals surface area (Å²) in [5.41, 5.74) is 18.0. The topological polar surface area (TPSA) is 14.1 Å². The lowest BCUT2D eigenvalue weighted by molar-refractivity contribution is 0.590. The van der Waals surface area contributed by atoms with Gasteiger partial charge in [0.2, 0.25) is 0 Å². The Bertz CT molecular complexity index is 3330. The molecule has 0 saturated heterocycles. The van der Waals surface area contributed by atoms with Crippen molar-refractivity contribution in [3.63, 3.8) is 0 Å². The van der Waals surface area contributed by atoms with E-state index in [-0.39, 0.29) is 12.1 Å². The molecule has 0 unspecified atom stereocenters. The van der Waals surface area contributed by atoms with Crippen molar-refractivity contribution in [2.75, 3.05) is 14.7 Å². The van der Waals surface area contributed by atoms with E-state index < -0.39 is 0 Å². The van der Waals surface area contributed by atoms with Gasteiger partial charge in [-0.05, 0) is 129 Å². The number of fused-ring (bicyclic) bond motifs is 7. The maximum Gasteiger partial charge on any atom is 0.254 e. The van der Waals surface area contributed by atoms with E-state index in [0.717, 1.165) is 28.4 Å². The second-order valence-electron chi connectivity index (χ2n) is 17.8. The molecule has 300 valence electrons. The Hall–Kier alpha value is -7.76. The van der Waals surface area contributed by atoms with Crippen LogP contribution in [0.25, 0.3) is 27.4 Å². The number of hydrogen-bond donors (Lipinski definition) is 0. The van der Waals surface area contributed by atoms with Gasteiger partial charge in [0.15, 0.2) is 0 Å². The molecule has 2 aliphatic rings. The third kappa shape index (κ3) is 5.91. The summed E-state index contributed by atoms with van der Waals surface area (Å²) in [6.45, 7) is 6.85. The molecule has 0 N–H and O–H groups in total. The summed E-state index contributed by atoms with van der Waals surface area (Å²) < 4.78 is 2.36. The zero-order chi connectivity index (χ0) is 42.2. The van der Waals surface area contributed by atoms with Crippen LogP contribution >= 0.6 is 0 Å². The number of aromatic nitrogens is 1. The molecular formula is C58H45BN4. The van der Waals surface area contributed by atoms with Gasteiger partial charge in [-0.2, -0.15) is 0 Å². The molecule has 10 aromatic rings. The van der Waals surface area contributed by atoms with E-state index in [4.69, 9.17) is 0 Å². The Morgan fingerprint density at radius 3 is 1.79 bits per heavy atom. The highest BCUT2D eigenvalue weighted by atomic mass is 15.2. The van der Waals surface area contributed by atoms with Crippen molar-refractivity contribution in [1.29, 1.82) is 0 Å². The fourth-order valence-corrected chi connectivity index (χ4v) is 10.2. The predicted molar refractivity (Wildman–Crippen MR) is 268 cm³/mol. The minimum absolute atomic E-state index is 0.000537. The van der Waals surface area contributed by atoms with Crippen LogP contribution in [0.15, 0.2) is 219 Å². The SMILES string of the molecule is CC(C)(C)c1ccc(N(c2ccc3c(c2)N(c2ccccc2)c2cccc4c2B3c2cc3ccccn3c2N4c2ccccc2)c2ccc(-c3ccccc3)c3ccccc23)cc1. The Labute approximate surface area is 369 Å². The first-order valence-electron chi connectivity index (χ1n) is 22.0. The largest absolute Gasteiger partial charge is 0.311 e. The number of hydrogen-bond acceptors (Lipinski definition) is 3. The van der Waals surface area contributed by atoms with E-state index in [1.165, 1.54) is 72.2 Å². The maximum absolute atomic E-state index is 2.50. The molecule has 0 amide bonds. The van der Waals surface area contributed by atoms with Gasteiger partial charge in [-0.1, -0.05) is 148 Å². The minimum Gasteiger partial charge on any atom is -0.311 e. The highest BCUT2D eigenvalue weighted by Crippen LogP contribution is 2.47. The molecule has 0 atom stereocenters. The predicted octanol–water partition coefficient (Wildman–Crippen LogP) is 13.6. The number of rotatable bonds is 6. The van der Waals surface area contributed by atoms with Crippen LogP contribution in [-0.4, -0.2) is 11.1 Å². The van der Waals surface area contributed by atoms with Crippen molar-refractivity contribution in [3.05, 3.63) is 224 Å². The first-order valence-corrected chi connectivity index (χ1v) is 22.0. The van der Waals surface area contributed by atoms with Crippen LogP contribution in [0, 0.1) is 0 Å². The smallest absolute Gasteiger partial charge is 0.254 e. The average molecular weight is 809 g/mol. The standard InChI is InChI=1S/C58H45BN4/c1-58(2,3)41-29-31-44(32-30-41)61(52-36-34-47(40-18-7-4-8-19-40)48-25-13-14-26-49(48)52)46-33-35-50-55(39-46)62(42-20-9-5-10-21-42)53-27-17-28-54-56(53)59(50)51-38-45-24-15-16-37-60(45)57(51)63(54)43-22-11-6-12-23-43/h4-39H,1-3H3. The summed E-state index contributed by atoms with van der Waals surface area (Å²) in [7, 11) is 0. The number of pyridine rings is 1. The summed E-state index contributed by atoms with van der Waals surface area (Å²) in [6.07, 6.45) is 2.21. The Morgan fingerprint density at radius 2 is 1.08 bits per heavy atom. The molecule has 4 nitrogen and oxygen atoms in total. The maximum atomic E-state index is 2.50. The second kappa shape index (κ2) is 14.4. The lowest BCUT2D eigenvalue weighted by atomic mass is 9.34. The molecule has 0 fully saturated rings.